The molecule has 1 aromatic rings. The van der Waals surface area contributed by atoms with Crippen molar-refractivity contribution < 1.29 is 4.39 Å². The summed E-state index contributed by atoms with van der Waals surface area (Å²) in [5.41, 5.74) is 6.77. The van der Waals surface area contributed by atoms with Gasteiger partial charge < -0.3 is 5.73 Å². The molecule has 0 bridgehead atoms. The minimum absolute atomic E-state index is 0.253. The van der Waals surface area contributed by atoms with Crippen molar-refractivity contribution in [2.75, 3.05) is 5.73 Å². The molecular formula is C7H6FI2N. The van der Waals surface area contributed by atoms with Crippen LogP contribution in [0.1, 0.15) is 5.56 Å². The Bertz CT molecular complexity index is 273. The molecule has 11 heavy (non-hydrogen) atoms. The Hall–Kier alpha value is 0.410. The van der Waals surface area contributed by atoms with Gasteiger partial charge in [-0.2, -0.15) is 0 Å². The first-order valence-electron chi connectivity index (χ1n) is 2.93. The predicted octanol–water partition coefficient (Wildman–Crippen LogP) is 2.93. The Balaban J connectivity index is 3.46. The van der Waals surface area contributed by atoms with Gasteiger partial charge in [0.25, 0.3) is 0 Å². The summed E-state index contributed by atoms with van der Waals surface area (Å²) in [5, 5.41) is 0. The number of nitrogen functional groups attached to an aromatic ring is 1. The van der Waals surface area contributed by atoms with E-state index in [0.29, 0.717) is 0 Å². The van der Waals surface area contributed by atoms with Gasteiger partial charge in [0.15, 0.2) is 0 Å². The van der Waals surface area contributed by atoms with Crippen LogP contribution in [0.2, 0.25) is 0 Å². The number of halogens is 3. The average Bonchev–Trinajstić information content (AvgIpc) is 1.97. The van der Waals surface area contributed by atoms with E-state index in [4.69, 9.17) is 5.73 Å². The van der Waals surface area contributed by atoms with E-state index < -0.39 is 0 Å². The lowest BCUT2D eigenvalue weighted by Gasteiger charge is -2.05. The summed E-state index contributed by atoms with van der Waals surface area (Å²) in [6, 6.07) is 1.45. The van der Waals surface area contributed by atoms with Gasteiger partial charge in [-0.05, 0) is 63.7 Å². The molecule has 0 heterocycles. The molecule has 0 saturated heterocycles. The monoisotopic (exact) mass is 377 g/mol. The number of benzene rings is 1. The minimum Gasteiger partial charge on any atom is -0.395 e. The van der Waals surface area contributed by atoms with Crippen molar-refractivity contribution in [1.82, 2.24) is 0 Å². The first-order chi connectivity index (χ1) is 5.04. The van der Waals surface area contributed by atoms with E-state index in [-0.39, 0.29) is 11.5 Å². The van der Waals surface area contributed by atoms with Gasteiger partial charge >= 0.3 is 0 Å². The zero-order valence-electron chi connectivity index (χ0n) is 5.79. The summed E-state index contributed by atoms with van der Waals surface area (Å²) < 4.78 is 14.6. The third-order valence-electron chi connectivity index (χ3n) is 1.43. The first-order valence-corrected chi connectivity index (χ1v) is 5.09. The number of nitrogens with two attached hydrogens (primary N) is 1. The van der Waals surface area contributed by atoms with Gasteiger partial charge in [-0.25, -0.2) is 4.39 Å². The maximum Gasteiger partial charge on any atom is 0.148 e. The van der Waals surface area contributed by atoms with Crippen molar-refractivity contribution in [3.05, 3.63) is 24.6 Å². The fraction of sp³-hybridized carbons (Fsp3) is 0.143. The molecule has 0 atom stereocenters. The molecule has 0 amide bonds. The summed E-state index contributed by atoms with van der Waals surface area (Å²) in [6.45, 7) is 1.93. The van der Waals surface area contributed by atoms with E-state index in [1.165, 1.54) is 6.07 Å². The van der Waals surface area contributed by atoms with Crippen LogP contribution in [0.4, 0.5) is 10.1 Å². The second-order valence-electron chi connectivity index (χ2n) is 2.19. The van der Waals surface area contributed by atoms with E-state index in [9.17, 15) is 4.39 Å². The number of rotatable bonds is 0. The van der Waals surface area contributed by atoms with Gasteiger partial charge in [-0.3, -0.25) is 0 Å². The van der Waals surface area contributed by atoms with Crippen molar-refractivity contribution >= 4 is 50.9 Å². The summed E-state index contributed by atoms with van der Waals surface area (Å²) >= 11 is 4.14. The molecule has 2 N–H and O–H groups in total. The van der Waals surface area contributed by atoms with E-state index >= 15 is 0 Å². The third-order valence-corrected chi connectivity index (χ3v) is 3.95. The highest BCUT2D eigenvalue weighted by Crippen LogP contribution is 2.26. The Labute approximate surface area is 91.8 Å². The summed E-state index contributed by atoms with van der Waals surface area (Å²) in [6.07, 6.45) is 0. The lowest BCUT2D eigenvalue weighted by Crippen LogP contribution is -1.98. The van der Waals surface area contributed by atoms with Gasteiger partial charge in [0.2, 0.25) is 0 Å². The highest BCUT2D eigenvalue weighted by Gasteiger charge is 2.08. The summed E-state index contributed by atoms with van der Waals surface area (Å²) in [5.74, 6) is -0.329. The highest BCUT2D eigenvalue weighted by atomic mass is 127. The van der Waals surface area contributed by atoms with E-state index in [1.807, 2.05) is 6.92 Å². The quantitative estimate of drug-likeness (QED) is 0.547. The standard InChI is InChI=1S/C7H6FI2N/c1-3-5(9)2-4(8)7(11)6(3)10/h2H,11H2,1H3. The molecule has 1 nitrogen and oxygen atoms in total. The second-order valence-corrected chi connectivity index (χ2v) is 4.43. The van der Waals surface area contributed by atoms with Crippen LogP contribution in [0.15, 0.2) is 6.07 Å². The van der Waals surface area contributed by atoms with Crippen LogP contribution in [-0.2, 0) is 0 Å². The smallest absolute Gasteiger partial charge is 0.148 e. The minimum atomic E-state index is -0.329. The van der Waals surface area contributed by atoms with Crippen molar-refractivity contribution in [3.8, 4) is 0 Å². The van der Waals surface area contributed by atoms with Crippen molar-refractivity contribution in [3.63, 3.8) is 0 Å². The van der Waals surface area contributed by atoms with Gasteiger partial charge in [0, 0.05) is 7.14 Å². The maximum absolute atomic E-state index is 12.9. The molecule has 0 aliphatic carbocycles. The molecule has 0 aliphatic heterocycles. The van der Waals surface area contributed by atoms with Gasteiger partial charge in [0.1, 0.15) is 5.82 Å². The van der Waals surface area contributed by atoms with Crippen LogP contribution in [0.5, 0.6) is 0 Å². The van der Waals surface area contributed by atoms with Crippen LogP contribution in [-0.4, -0.2) is 0 Å². The van der Waals surface area contributed by atoms with Crippen LogP contribution in [0.3, 0.4) is 0 Å². The lowest BCUT2D eigenvalue weighted by atomic mass is 10.2. The molecule has 60 valence electrons. The second kappa shape index (κ2) is 3.42. The van der Waals surface area contributed by atoms with Crippen molar-refractivity contribution in [1.29, 1.82) is 0 Å². The van der Waals surface area contributed by atoms with Gasteiger partial charge in [0.05, 0.1) is 5.69 Å². The Kier molecular flexibility index (Phi) is 2.96. The van der Waals surface area contributed by atoms with Gasteiger partial charge in [-0.15, -0.1) is 0 Å². The van der Waals surface area contributed by atoms with E-state index in [2.05, 4.69) is 45.2 Å². The molecule has 0 saturated carbocycles. The largest absolute Gasteiger partial charge is 0.395 e. The van der Waals surface area contributed by atoms with Crippen LogP contribution < -0.4 is 5.73 Å². The van der Waals surface area contributed by atoms with Crippen LogP contribution >= 0.6 is 45.2 Å². The summed E-state index contributed by atoms with van der Waals surface area (Å²) in [7, 11) is 0. The van der Waals surface area contributed by atoms with E-state index in [0.717, 1.165) is 12.7 Å². The molecular weight excluding hydrogens is 371 g/mol. The molecule has 0 aromatic heterocycles. The van der Waals surface area contributed by atoms with Crippen molar-refractivity contribution in [2.45, 2.75) is 6.92 Å². The third kappa shape index (κ3) is 1.77. The van der Waals surface area contributed by atoms with E-state index in [1.54, 1.807) is 0 Å². The summed E-state index contributed by atoms with van der Waals surface area (Å²) in [4.78, 5) is 0. The molecule has 0 aliphatic rings. The highest BCUT2D eigenvalue weighted by molar-refractivity contribution is 14.1. The molecule has 0 unspecified atom stereocenters. The molecule has 0 spiro atoms. The maximum atomic E-state index is 12.9. The molecule has 1 aromatic carbocycles. The fourth-order valence-electron chi connectivity index (χ4n) is 0.709. The molecule has 0 fully saturated rings. The number of hydrogen-bond donors (Lipinski definition) is 1. The zero-order chi connectivity index (χ0) is 8.59. The zero-order valence-corrected chi connectivity index (χ0v) is 10.1. The predicted molar refractivity (Wildman–Crippen MR) is 61.0 cm³/mol. The van der Waals surface area contributed by atoms with Crippen LogP contribution in [0, 0.1) is 19.9 Å². The fourth-order valence-corrected chi connectivity index (χ4v) is 2.32. The Morgan fingerprint density at radius 2 is 2.00 bits per heavy atom. The normalized spacial score (nSPS) is 10.2. The van der Waals surface area contributed by atoms with Crippen molar-refractivity contribution in [2.24, 2.45) is 0 Å². The Morgan fingerprint density at radius 3 is 2.55 bits per heavy atom. The SMILES string of the molecule is Cc1c(I)cc(F)c(N)c1I. The molecule has 0 radical (unpaired) electrons. The van der Waals surface area contributed by atoms with Crippen LogP contribution in [0.25, 0.3) is 0 Å². The topological polar surface area (TPSA) is 26.0 Å². The average molecular weight is 377 g/mol. The Morgan fingerprint density at radius 1 is 1.45 bits per heavy atom. The number of anilines is 1. The molecule has 4 heteroatoms. The van der Waals surface area contributed by atoms with Gasteiger partial charge in [-0.1, -0.05) is 0 Å². The lowest BCUT2D eigenvalue weighted by molar-refractivity contribution is 0.630. The molecule has 1 rings (SSSR count). The number of hydrogen-bond acceptors (Lipinski definition) is 1. The first kappa shape index (κ1) is 9.50.